The second-order valence-electron chi connectivity index (χ2n) is 11.0. The number of pyridine rings is 1. The molecule has 3 heterocycles. The Morgan fingerprint density at radius 1 is 1.22 bits per heavy atom. The third-order valence-corrected chi connectivity index (χ3v) is 8.39. The molecule has 1 saturated heterocycles. The number of piperidine rings is 1. The molecule has 1 aliphatic heterocycles. The van der Waals surface area contributed by atoms with Crippen LogP contribution in [-0.4, -0.2) is 37.9 Å². The summed E-state index contributed by atoms with van der Waals surface area (Å²) < 4.78 is 1.84. The molecule has 1 aromatic carbocycles. The number of hydrogen-bond acceptors (Lipinski definition) is 5. The molecule has 2 N–H and O–H groups in total. The van der Waals surface area contributed by atoms with E-state index in [-0.39, 0.29) is 11.7 Å². The Hall–Kier alpha value is -3.48. The molecule has 6 rings (SSSR count). The molecule has 4 atom stereocenters. The monoisotopic (exact) mass is 483 g/mol. The number of rotatable bonds is 8. The van der Waals surface area contributed by atoms with Crippen LogP contribution in [0.2, 0.25) is 0 Å². The Labute approximate surface area is 211 Å². The maximum atomic E-state index is 13.1. The Bertz CT molecular complexity index is 1350. The summed E-state index contributed by atoms with van der Waals surface area (Å²) in [6.07, 6.45) is 7.07. The van der Waals surface area contributed by atoms with Crippen molar-refractivity contribution in [2.24, 2.45) is 17.8 Å². The molecule has 3 aliphatic rings. The molecule has 186 valence electrons. The Morgan fingerprint density at radius 3 is 2.86 bits per heavy atom. The van der Waals surface area contributed by atoms with E-state index in [1.54, 1.807) is 6.20 Å². The highest BCUT2D eigenvalue weighted by Gasteiger charge is 2.51. The van der Waals surface area contributed by atoms with Crippen LogP contribution in [0.25, 0.3) is 0 Å². The number of fused-ring (bicyclic) bond motifs is 2. The van der Waals surface area contributed by atoms with Crippen LogP contribution in [-0.2, 0) is 24.3 Å². The lowest BCUT2D eigenvalue weighted by atomic mass is 9.85. The number of Topliss-reactive ketones (excluding diaryl/α,β-unsaturated/α-hetero) is 1. The van der Waals surface area contributed by atoms with Gasteiger partial charge in [0.1, 0.15) is 5.82 Å². The number of likely N-dealkylation sites (tertiary alicyclic amines) is 1. The van der Waals surface area contributed by atoms with E-state index < -0.39 is 0 Å². The van der Waals surface area contributed by atoms with Crippen LogP contribution in [0.5, 0.6) is 0 Å². The number of anilines is 1. The molecular formula is C29H33N5O2. The highest BCUT2D eigenvalue weighted by atomic mass is 16.2. The highest BCUT2D eigenvalue weighted by molar-refractivity contribution is 5.95. The van der Waals surface area contributed by atoms with Crippen molar-refractivity contribution in [1.29, 1.82) is 0 Å². The topological polar surface area (TPSA) is 94.1 Å². The predicted octanol–water partition coefficient (Wildman–Crippen LogP) is 4.13. The van der Waals surface area contributed by atoms with Crippen LogP contribution in [0.1, 0.15) is 70.4 Å². The number of aryl methyl sites for hydroxylation is 2. The Kier molecular flexibility index (Phi) is 5.66. The molecule has 1 amide bonds. The van der Waals surface area contributed by atoms with Crippen LogP contribution < -0.4 is 5.73 Å². The van der Waals surface area contributed by atoms with Crippen molar-refractivity contribution in [3.8, 4) is 0 Å². The number of carbonyl (C=O) groups is 2. The molecule has 7 heteroatoms. The summed E-state index contributed by atoms with van der Waals surface area (Å²) in [4.78, 5) is 31.8. The summed E-state index contributed by atoms with van der Waals surface area (Å²) in [5.41, 5.74) is 12.3. The van der Waals surface area contributed by atoms with E-state index >= 15 is 0 Å². The summed E-state index contributed by atoms with van der Waals surface area (Å²) in [5.74, 6) is 2.49. The quantitative estimate of drug-likeness (QED) is 0.486. The van der Waals surface area contributed by atoms with Crippen LogP contribution in [0.4, 0.5) is 5.82 Å². The van der Waals surface area contributed by atoms with Crippen molar-refractivity contribution in [3.05, 3.63) is 76.2 Å². The first-order valence-electron chi connectivity index (χ1n) is 13.0. The third kappa shape index (κ3) is 4.31. The first kappa shape index (κ1) is 23.0. The van der Waals surface area contributed by atoms with Gasteiger partial charge >= 0.3 is 0 Å². The molecule has 2 aromatic heterocycles. The summed E-state index contributed by atoms with van der Waals surface area (Å²) in [6, 6.07) is 10.3. The fourth-order valence-electron chi connectivity index (χ4n) is 6.18. The zero-order valence-electron chi connectivity index (χ0n) is 21.0. The minimum Gasteiger partial charge on any atom is -0.384 e. The smallest absolute Gasteiger partial charge is 0.226 e. The largest absolute Gasteiger partial charge is 0.384 e. The van der Waals surface area contributed by atoms with Gasteiger partial charge in [0.25, 0.3) is 0 Å². The average molecular weight is 484 g/mol. The molecular weight excluding hydrogens is 450 g/mol. The second-order valence-corrected chi connectivity index (χ2v) is 11.0. The van der Waals surface area contributed by atoms with Gasteiger partial charge in [0.15, 0.2) is 5.78 Å². The zero-order valence-corrected chi connectivity index (χ0v) is 21.0. The van der Waals surface area contributed by atoms with Gasteiger partial charge in [-0.3, -0.25) is 14.3 Å². The maximum Gasteiger partial charge on any atom is 0.226 e. The third-order valence-electron chi connectivity index (χ3n) is 8.39. The van der Waals surface area contributed by atoms with Crippen molar-refractivity contribution in [3.63, 3.8) is 0 Å². The first-order chi connectivity index (χ1) is 17.4. The SMILES string of the molecule is Cc1cc(CN2CC3CC3C2=O)ccc1Cn1cc(C(=O)C[C@H](C)[C@@H]2CCc3nc(N)ccc32)cn1. The molecule has 2 fully saturated rings. The van der Waals surface area contributed by atoms with Crippen LogP contribution in [0.3, 0.4) is 0 Å². The number of aromatic nitrogens is 3. The van der Waals surface area contributed by atoms with Gasteiger partial charge in [-0.2, -0.15) is 5.10 Å². The van der Waals surface area contributed by atoms with Gasteiger partial charge in [0.05, 0.1) is 18.3 Å². The number of carbonyl (C=O) groups excluding carboxylic acids is 2. The average Bonchev–Trinajstić information content (AvgIpc) is 3.15. The number of amides is 1. The van der Waals surface area contributed by atoms with E-state index in [9.17, 15) is 9.59 Å². The van der Waals surface area contributed by atoms with Gasteiger partial charge in [-0.1, -0.05) is 31.2 Å². The van der Waals surface area contributed by atoms with E-state index in [1.165, 1.54) is 22.3 Å². The molecule has 1 saturated carbocycles. The van der Waals surface area contributed by atoms with Crippen LogP contribution >= 0.6 is 0 Å². The van der Waals surface area contributed by atoms with Crippen molar-refractivity contribution in [1.82, 2.24) is 19.7 Å². The van der Waals surface area contributed by atoms with E-state index in [4.69, 9.17) is 5.73 Å². The molecule has 3 aromatic rings. The summed E-state index contributed by atoms with van der Waals surface area (Å²) in [5, 5.41) is 4.47. The standard InChI is InChI=1S/C29H33N5O2/c1-17-9-19(13-33-14-21-11-25(21)29(33)36)3-4-20(17)15-34-16-22(12-31-34)27(35)10-18(2)23-5-7-26-24(23)6-8-28(30)32-26/h3-4,6,8-9,12,16,18,21,23,25H,5,7,10-11,13-15H2,1-2H3,(H2,30,32)/t18-,21?,23-,25?/m0/s1. The molecule has 36 heavy (non-hydrogen) atoms. The van der Waals surface area contributed by atoms with Crippen LogP contribution in [0, 0.1) is 24.7 Å². The van der Waals surface area contributed by atoms with Gasteiger partial charge in [0, 0.05) is 37.3 Å². The minimum absolute atomic E-state index is 0.131. The summed E-state index contributed by atoms with van der Waals surface area (Å²) >= 11 is 0. The zero-order chi connectivity index (χ0) is 25.0. The number of nitrogens with zero attached hydrogens (tertiary/aromatic N) is 4. The first-order valence-corrected chi connectivity index (χ1v) is 13.0. The maximum absolute atomic E-state index is 13.1. The lowest BCUT2D eigenvalue weighted by Gasteiger charge is -2.19. The normalized spacial score (nSPS) is 23.0. The van der Waals surface area contributed by atoms with Gasteiger partial charge in [-0.15, -0.1) is 0 Å². The molecule has 2 unspecified atom stereocenters. The number of benzene rings is 1. The Balaban J connectivity index is 1.07. The van der Waals surface area contributed by atoms with Gasteiger partial charge in [-0.25, -0.2) is 4.98 Å². The van der Waals surface area contributed by atoms with Gasteiger partial charge < -0.3 is 10.6 Å². The van der Waals surface area contributed by atoms with E-state index in [2.05, 4.69) is 48.2 Å². The molecule has 0 bridgehead atoms. The van der Waals surface area contributed by atoms with E-state index in [0.717, 1.165) is 31.5 Å². The van der Waals surface area contributed by atoms with Crippen molar-refractivity contribution >= 4 is 17.5 Å². The predicted molar refractivity (Wildman–Crippen MR) is 137 cm³/mol. The Morgan fingerprint density at radius 2 is 2.08 bits per heavy atom. The molecule has 0 spiro atoms. The molecule has 0 radical (unpaired) electrons. The van der Waals surface area contributed by atoms with Crippen LogP contribution in [0.15, 0.2) is 42.7 Å². The number of nitrogens with two attached hydrogens (primary N) is 1. The summed E-state index contributed by atoms with van der Waals surface area (Å²) in [6.45, 7) is 6.47. The van der Waals surface area contributed by atoms with Crippen molar-refractivity contribution in [2.45, 2.75) is 58.5 Å². The van der Waals surface area contributed by atoms with E-state index in [1.807, 2.05) is 21.8 Å². The highest BCUT2D eigenvalue weighted by Crippen LogP contribution is 2.46. The molecule has 7 nitrogen and oxygen atoms in total. The minimum atomic E-state index is 0.131. The van der Waals surface area contributed by atoms with Crippen molar-refractivity contribution < 1.29 is 9.59 Å². The number of nitrogen functional groups attached to an aromatic ring is 1. The fourth-order valence-corrected chi connectivity index (χ4v) is 6.18. The summed E-state index contributed by atoms with van der Waals surface area (Å²) in [7, 11) is 0. The lowest BCUT2D eigenvalue weighted by molar-refractivity contribution is -0.130. The number of hydrogen-bond donors (Lipinski definition) is 1. The fraction of sp³-hybridized carbons (Fsp3) is 0.448. The van der Waals surface area contributed by atoms with Crippen molar-refractivity contribution in [2.75, 3.05) is 12.3 Å². The molecule has 2 aliphatic carbocycles. The van der Waals surface area contributed by atoms with E-state index in [0.29, 0.717) is 54.6 Å². The number of ketones is 1. The van der Waals surface area contributed by atoms with Gasteiger partial charge in [-0.05, 0) is 72.3 Å². The van der Waals surface area contributed by atoms with Gasteiger partial charge in [0.2, 0.25) is 5.91 Å². The lowest BCUT2D eigenvalue weighted by Crippen LogP contribution is -2.27. The second kappa shape index (κ2) is 8.87.